The second-order valence-corrected chi connectivity index (χ2v) is 8.86. The Kier molecular flexibility index (Phi) is 7.18. The van der Waals surface area contributed by atoms with Gasteiger partial charge in [-0.3, -0.25) is 19.6 Å². The molecule has 1 aliphatic rings. The number of likely N-dealkylation sites (tertiary alicyclic amines) is 1. The van der Waals surface area contributed by atoms with Gasteiger partial charge in [-0.1, -0.05) is 12.5 Å². The molecule has 0 aliphatic carbocycles. The summed E-state index contributed by atoms with van der Waals surface area (Å²) in [4.78, 5) is 36.2. The molecule has 0 spiro atoms. The summed E-state index contributed by atoms with van der Waals surface area (Å²) in [7, 11) is 0. The van der Waals surface area contributed by atoms with Crippen LogP contribution in [0.15, 0.2) is 61.1 Å². The number of anilines is 1. The van der Waals surface area contributed by atoms with Crippen LogP contribution in [-0.4, -0.2) is 60.6 Å². The molecule has 0 atom stereocenters. The van der Waals surface area contributed by atoms with Crippen LogP contribution in [0.1, 0.15) is 35.4 Å². The van der Waals surface area contributed by atoms with Gasteiger partial charge >= 0.3 is 0 Å². The Labute approximate surface area is 212 Å². The smallest absolute Gasteiger partial charge is 0.290 e. The first-order valence-corrected chi connectivity index (χ1v) is 12.1. The Bertz CT molecular complexity index is 1540. The van der Waals surface area contributed by atoms with E-state index in [1.165, 1.54) is 19.3 Å². The fraction of sp³-hybridized carbons (Fsp3) is 0.222. The first-order valence-electron chi connectivity index (χ1n) is 12.1. The summed E-state index contributed by atoms with van der Waals surface area (Å²) in [5.74, 6) is -0.235. The van der Waals surface area contributed by atoms with E-state index < -0.39 is 0 Å². The molecule has 1 aromatic carbocycles. The highest BCUT2D eigenvalue weighted by Gasteiger charge is 2.16. The number of aromatic nitrogens is 5. The Morgan fingerprint density at radius 3 is 2.78 bits per heavy atom. The van der Waals surface area contributed by atoms with Crippen LogP contribution in [-0.2, 0) is 11.3 Å². The van der Waals surface area contributed by atoms with Gasteiger partial charge in [-0.05, 0) is 73.5 Å². The molecule has 1 saturated heterocycles. The van der Waals surface area contributed by atoms with Crippen molar-refractivity contribution >= 4 is 40.0 Å². The van der Waals surface area contributed by atoms with Crippen LogP contribution < -0.4 is 5.32 Å². The third-order valence-corrected chi connectivity index (χ3v) is 6.45. The lowest BCUT2D eigenvalue weighted by atomic mass is 10.0. The number of nitrogens with one attached hydrogen (secondary N) is 3. The molecule has 0 saturated carbocycles. The van der Waals surface area contributed by atoms with Crippen molar-refractivity contribution in [1.29, 1.82) is 0 Å². The summed E-state index contributed by atoms with van der Waals surface area (Å²) in [6, 6.07) is 13.7. The number of benzene rings is 1. The molecule has 0 unspecified atom stereocenters. The average Bonchev–Trinajstić information content (AvgIpc) is 3.59. The lowest BCUT2D eigenvalue weighted by molar-refractivity contribution is -0.122. The highest BCUT2D eigenvalue weighted by molar-refractivity contribution is 6.09. The van der Waals surface area contributed by atoms with E-state index in [9.17, 15) is 4.79 Å². The number of aromatic amines is 2. The van der Waals surface area contributed by atoms with Crippen molar-refractivity contribution in [3.05, 3.63) is 72.4 Å². The number of pyridine rings is 2. The van der Waals surface area contributed by atoms with Crippen LogP contribution >= 0.6 is 0 Å². The van der Waals surface area contributed by atoms with Crippen molar-refractivity contribution in [3.63, 3.8) is 0 Å². The van der Waals surface area contributed by atoms with Crippen LogP contribution in [0.25, 0.3) is 33.1 Å². The molecule has 5 aromatic rings. The van der Waals surface area contributed by atoms with Crippen molar-refractivity contribution in [1.82, 2.24) is 30.0 Å². The maximum Gasteiger partial charge on any atom is 0.290 e. The Balaban J connectivity index is 0.000000892. The Morgan fingerprint density at radius 2 is 1.95 bits per heavy atom. The normalized spacial score (nSPS) is 13.7. The SMILES string of the molecule is O=C(Nc1cc(-c2ccnc3[nH]ccc23)cc2[nH]ncc12)c1cccc(CN2CCCCC2)n1.O=CO. The van der Waals surface area contributed by atoms with Crippen molar-refractivity contribution in [3.8, 4) is 11.1 Å². The summed E-state index contributed by atoms with van der Waals surface area (Å²) in [5, 5.41) is 19.1. The lowest BCUT2D eigenvalue weighted by Crippen LogP contribution is -2.29. The van der Waals surface area contributed by atoms with Crippen LogP contribution in [0.3, 0.4) is 0 Å². The third kappa shape index (κ3) is 5.34. The number of rotatable bonds is 5. The van der Waals surface area contributed by atoms with Crippen LogP contribution in [0.2, 0.25) is 0 Å². The number of carbonyl (C=O) groups excluding carboxylic acids is 1. The topological polar surface area (TPSA) is 140 Å². The zero-order valence-corrected chi connectivity index (χ0v) is 20.1. The summed E-state index contributed by atoms with van der Waals surface area (Å²) < 4.78 is 0. The number of fused-ring (bicyclic) bond motifs is 2. The lowest BCUT2D eigenvalue weighted by Gasteiger charge is -2.26. The quantitative estimate of drug-likeness (QED) is 0.263. The van der Waals surface area contributed by atoms with E-state index in [4.69, 9.17) is 9.90 Å². The van der Waals surface area contributed by atoms with Gasteiger partial charge in [0.1, 0.15) is 11.3 Å². The van der Waals surface area contributed by atoms with Gasteiger partial charge in [0.05, 0.1) is 23.1 Å². The first-order chi connectivity index (χ1) is 18.2. The molecule has 0 radical (unpaired) electrons. The molecule has 37 heavy (non-hydrogen) atoms. The molecule has 10 nitrogen and oxygen atoms in total. The third-order valence-electron chi connectivity index (χ3n) is 6.45. The monoisotopic (exact) mass is 497 g/mol. The highest BCUT2D eigenvalue weighted by atomic mass is 16.3. The van der Waals surface area contributed by atoms with Crippen LogP contribution in [0.5, 0.6) is 0 Å². The second-order valence-electron chi connectivity index (χ2n) is 8.86. The number of carboxylic acid groups (broad SMARTS) is 1. The number of piperidine rings is 1. The van der Waals surface area contributed by atoms with Gasteiger partial charge in [0, 0.05) is 29.7 Å². The molecule has 188 valence electrons. The predicted molar refractivity (Wildman–Crippen MR) is 141 cm³/mol. The second kappa shape index (κ2) is 11.0. The average molecular weight is 498 g/mol. The van der Waals surface area contributed by atoms with Crippen molar-refractivity contribution in [2.75, 3.05) is 18.4 Å². The van der Waals surface area contributed by atoms with Crippen molar-refractivity contribution in [2.45, 2.75) is 25.8 Å². The van der Waals surface area contributed by atoms with E-state index in [-0.39, 0.29) is 12.4 Å². The molecule has 1 amide bonds. The molecule has 10 heteroatoms. The van der Waals surface area contributed by atoms with Gasteiger partial charge in [-0.25, -0.2) is 9.97 Å². The zero-order chi connectivity index (χ0) is 25.6. The Morgan fingerprint density at radius 1 is 1.11 bits per heavy atom. The number of carbonyl (C=O) groups is 2. The van der Waals surface area contributed by atoms with E-state index in [2.05, 4.69) is 35.4 Å². The predicted octanol–water partition coefficient (Wildman–Crippen LogP) is 4.44. The van der Waals surface area contributed by atoms with E-state index in [1.54, 1.807) is 18.5 Å². The molecular weight excluding hydrogens is 470 g/mol. The van der Waals surface area contributed by atoms with Crippen LogP contribution in [0, 0.1) is 0 Å². The molecule has 6 rings (SSSR count). The van der Waals surface area contributed by atoms with Crippen LogP contribution in [0.4, 0.5) is 5.69 Å². The number of amides is 1. The van der Waals surface area contributed by atoms with Gasteiger partial charge in [0.15, 0.2) is 0 Å². The fourth-order valence-corrected chi connectivity index (χ4v) is 4.75. The number of hydrogen-bond acceptors (Lipinski definition) is 6. The molecule has 5 heterocycles. The molecule has 0 bridgehead atoms. The number of nitrogens with zero attached hydrogens (tertiary/aromatic N) is 4. The van der Waals surface area contributed by atoms with Gasteiger partial charge in [-0.2, -0.15) is 5.10 Å². The molecule has 1 aliphatic heterocycles. The summed E-state index contributed by atoms with van der Waals surface area (Å²) >= 11 is 0. The number of H-pyrrole nitrogens is 2. The van der Waals surface area contributed by atoms with Gasteiger partial charge < -0.3 is 15.4 Å². The van der Waals surface area contributed by atoms with E-state index in [0.29, 0.717) is 11.4 Å². The molecule has 1 fully saturated rings. The zero-order valence-electron chi connectivity index (χ0n) is 20.1. The first kappa shape index (κ1) is 24.1. The summed E-state index contributed by atoms with van der Waals surface area (Å²) in [5.41, 5.74) is 5.68. The van der Waals surface area contributed by atoms with E-state index >= 15 is 0 Å². The molecule has 4 N–H and O–H groups in total. The van der Waals surface area contributed by atoms with Crippen molar-refractivity contribution < 1.29 is 14.7 Å². The van der Waals surface area contributed by atoms with E-state index in [0.717, 1.165) is 58.4 Å². The minimum Gasteiger partial charge on any atom is -0.483 e. The largest absolute Gasteiger partial charge is 0.483 e. The minimum atomic E-state index is -0.250. The van der Waals surface area contributed by atoms with Crippen molar-refractivity contribution in [2.24, 2.45) is 0 Å². The maximum atomic E-state index is 13.2. The molecule has 4 aromatic heterocycles. The minimum absolute atomic E-state index is 0.235. The standard InChI is InChI=1S/C26H25N7O.CH2O2/c34-26(22-6-4-5-18(30-22)16-33-11-2-1-3-12-33)31-23-13-17(14-24-21(23)15-29-32-24)19-7-9-27-25-20(19)8-10-28-25;2-1-3/h4-10,13-15H,1-3,11-12,16H2,(H,27,28)(H,29,32)(H,31,34);1H,(H,2,3). The highest BCUT2D eigenvalue weighted by Crippen LogP contribution is 2.33. The number of hydrogen-bond donors (Lipinski definition) is 4. The Hall–Kier alpha value is -4.57. The van der Waals surface area contributed by atoms with Gasteiger partial charge in [0.2, 0.25) is 0 Å². The summed E-state index contributed by atoms with van der Waals surface area (Å²) in [6.07, 6.45) is 9.13. The van der Waals surface area contributed by atoms with Gasteiger partial charge in [-0.15, -0.1) is 0 Å². The van der Waals surface area contributed by atoms with E-state index in [1.807, 2.05) is 42.6 Å². The summed E-state index contributed by atoms with van der Waals surface area (Å²) in [6.45, 7) is 2.71. The maximum absolute atomic E-state index is 13.2. The molecular formula is C27H27N7O3. The fourth-order valence-electron chi connectivity index (χ4n) is 4.75. The van der Waals surface area contributed by atoms with Gasteiger partial charge in [0.25, 0.3) is 12.4 Å².